The van der Waals surface area contributed by atoms with E-state index in [1.165, 1.54) is 0 Å². The van der Waals surface area contributed by atoms with Gasteiger partial charge in [-0.1, -0.05) is 13.0 Å². The van der Waals surface area contributed by atoms with Crippen molar-refractivity contribution in [3.63, 3.8) is 0 Å². The summed E-state index contributed by atoms with van der Waals surface area (Å²) >= 11 is 0. The van der Waals surface area contributed by atoms with Crippen molar-refractivity contribution in [1.29, 1.82) is 0 Å². The van der Waals surface area contributed by atoms with Gasteiger partial charge in [0.25, 0.3) is 5.56 Å². The molecule has 0 amide bonds. The van der Waals surface area contributed by atoms with Gasteiger partial charge in [-0.3, -0.25) is 9.78 Å². The van der Waals surface area contributed by atoms with Crippen LogP contribution in [0.4, 0.5) is 5.82 Å². The van der Waals surface area contributed by atoms with Crippen molar-refractivity contribution in [1.82, 2.24) is 14.5 Å². The van der Waals surface area contributed by atoms with Gasteiger partial charge in [0.2, 0.25) is 0 Å². The number of nitrogens with one attached hydrogen (secondary N) is 1. The van der Waals surface area contributed by atoms with Crippen LogP contribution in [-0.2, 0) is 13.1 Å². The highest BCUT2D eigenvalue weighted by atomic mass is 16.1. The van der Waals surface area contributed by atoms with Gasteiger partial charge in [-0.15, -0.1) is 0 Å². The molecule has 0 radical (unpaired) electrons. The van der Waals surface area contributed by atoms with Crippen LogP contribution in [0.1, 0.15) is 18.9 Å². The third-order valence-electron chi connectivity index (χ3n) is 2.56. The van der Waals surface area contributed by atoms with Crippen molar-refractivity contribution >= 4 is 5.82 Å². The van der Waals surface area contributed by atoms with E-state index < -0.39 is 0 Å². The lowest BCUT2D eigenvalue weighted by molar-refractivity contribution is 0.649. The molecule has 0 fully saturated rings. The smallest absolute Gasteiger partial charge is 0.293 e. The second-order valence-electron chi connectivity index (χ2n) is 3.99. The summed E-state index contributed by atoms with van der Waals surface area (Å²) in [6.45, 7) is 3.30. The molecule has 0 aromatic carbocycles. The molecule has 18 heavy (non-hydrogen) atoms. The lowest BCUT2D eigenvalue weighted by atomic mass is 10.3. The minimum absolute atomic E-state index is 0.0803. The first-order chi connectivity index (χ1) is 8.81. The first-order valence-corrected chi connectivity index (χ1v) is 5.99. The van der Waals surface area contributed by atoms with E-state index >= 15 is 0 Å². The zero-order valence-corrected chi connectivity index (χ0v) is 10.3. The first-order valence-electron chi connectivity index (χ1n) is 5.99. The van der Waals surface area contributed by atoms with Gasteiger partial charge in [0.05, 0.1) is 0 Å². The Kier molecular flexibility index (Phi) is 4.06. The molecule has 0 saturated heterocycles. The maximum absolute atomic E-state index is 12.0. The van der Waals surface area contributed by atoms with E-state index in [4.69, 9.17) is 0 Å². The number of aryl methyl sites for hydroxylation is 1. The first kappa shape index (κ1) is 12.3. The van der Waals surface area contributed by atoms with Crippen molar-refractivity contribution in [2.75, 3.05) is 5.32 Å². The molecule has 0 bridgehead atoms. The van der Waals surface area contributed by atoms with E-state index in [0.29, 0.717) is 18.9 Å². The summed E-state index contributed by atoms with van der Waals surface area (Å²) in [6.07, 6.45) is 7.76. The van der Waals surface area contributed by atoms with E-state index in [1.54, 1.807) is 29.4 Å². The molecule has 0 aliphatic carbocycles. The van der Waals surface area contributed by atoms with Crippen molar-refractivity contribution in [2.45, 2.75) is 26.4 Å². The molecule has 5 nitrogen and oxygen atoms in total. The Morgan fingerprint density at radius 2 is 2.28 bits per heavy atom. The van der Waals surface area contributed by atoms with Gasteiger partial charge in [0.1, 0.15) is 0 Å². The maximum Gasteiger partial charge on any atom is 0.293 e. The summed E-state index contributed by atoms with van der Waals surface area (Å²) in [5.41, 5.74) is 0.938. The minimum atomic E-state index is -0.0803. The number of rotatable bonds is 5. The number of nitrogens with zero attached hydrogens (tertiary/aromatic N) is 3. The van der Waals surface area contributed by atoms with Gasteiger partial charge in [0.15, 0.2) is 5.82 Å². The maximum atomic E-state index is 12.0. The van der Waals surface area contributed by atoms with Crippen molar-refractivity contribution in [2.24, 2.45) is 0 Å². The topological polar surface area (TPSA) is 59.8 Å². The summed E-state index contributed by atoms with van der Waals surface area (Å²) in [4.78, 5) is 20.1. The van der Waals surface area contributed by atoms with Crippen molar-refractivity contribution < 1.29 is 0 Å². The predicted octanol–water partition coefficient (Wildman–Crippen LogP) is 1.66. The molecule has 2 heterocycles. The molecule has 1 N–H and O–H groups in total. The fraction of sp³-hybridized carbons (Fsp3) is 0.308. The molecule has 94 valence electrons. The monoisotopic (exact) mass is 244 g/mol. The standard InChI is InChI=1S/C13H16N4O/c1-2-7-17-8-6-15-12(13(17)18)16-10-11-4-3-5-14-9-11/h3-6,8-9H,2,7,10H2,1H3,(H,15,16). The Labute approximate surface area is 106 Å². The second kappa shape index (κ2) is 5.95. The number of hydrogen-bond acceptors (Lipinski definition) is 4. The van der Waals surface area contributed by atoms with Crippen molar-refractivity contribution in [3.8, 4) is 0 Å². The average Bonchev–Trinajstić information content (AvgIpc) is 2.41. The average molecular weight is 244 g/mol. The molecule has 0 aliphatic heterocycles. The quantitative estimate of drug-likeness (QED) is 0.869. The molecule has 0 saturated carbocycles. The Morgan fingerprint density at radius 3 is 3.00 bits per heavy atom. The van der Waals surface area contributed by atoms with Crippen LogP contribution in [0.15, 0.2) is 41.7 Å². The fourth-order valence-corrected chi connectivity index (χ4v) is 1.67. The van der Waals surface area contributed by atoms with Crippen LogP contribution < -0.4 is 10.9 Å². The molecule has 2 aromatic rings. The summed E-state index contributed by atoms with van der Waals surface area (Å²) < 4.78 is 1.67. The number of aromatic nitrogens is 3. The number of pyridine rings is 1. The molecule has 2 rings (SSSR count). The summed E-state index contributed by atoms with van der Waals surface area (Å²) in [5.74, 6) is 0.384. The number of hydrogen-bond donors (Lipinski definition) is 1. The van der Waals surface area contributed by atoms with Gasteiger partial charge in [-0.2, -0.15) is 0 Å². The molecular formula is C13H16N4O. The van der Waals surface area contributed by atoms with Gasteiger partial charge in [0, 0.05) is 37.9 Å². The van der Waals surface area contributed by atoms with Crippen LogP contribution in [-0.4, -0.2) is 14.5 Å². The zero-order chi connectivity index (χ0) is 12.8. The molecule has 0 spiro atoms. The predicted molar refractivity (Wildman–Crippen MR) is 70.4 cm³/mol. The highest BCUT2D eigenvalue weighted by Crippen LogP contribution is 2.00. The Morgan fingerprint density at radius 1 is 1.39 bits per heavy atom. The Bertz CT molecular complexity index is 550. The van der Waals surface area contributed by atoms with Crippen LogP contribution in [0, 0.1) is 0 Å². The third kappa shape index (κ3) is 2.94. The fourth-order valence-electron chi connectivity index (χ4n) is 1.67. The summed E-state index contributed by atoms with van der Waals surface area (Å²) in [6, 6.07) is 3.82. The molecule has 2 aromatic heterocycles. The van der Waals surface area contributed by atoms with Gasteiger partial charge >= 0.3 is 0 Å². The second-order valence-corrected chi connectivity index (χ2v) is 3.99. The van der Waals surface area contributed by atoms with Crippen molar-refractivity contribution in [3.05, 3.63) is 52.8 Å². The third-order valence-corrected chi connectivity index (χ3v) is 2.56. The van der Waals surface area contributed by atoms with E-state index in [1.807, 2.05) is 19.1 Å². The van der Waals surface area contributed by atoms with Crippen LogP contribution >= 0.6 is 0 Å². The van der Waals surface area contributed by atoms with Crippen LogP contribution in [0.2, 0.25) is 0 Å². The summed E-state index contributed by atoms with van der Waals surface area (Å²) in [5, 5.41) is 3.04. The SMILES string of the molecule is CCCn1ccnc(NCc2cccnc2)c1=O. The molecular weight excluding hydrogens is 228 g/mol. The lowest BCUT2D eigenvalue weighted by Crippen LogP contribution is -2.24. The largest absolute Gasteiger partial charge is 0.361 e. The minimum Gasteiger partial charge on any atom is -0.361 e. The van der Waals surface area contributed by atoms with Crippen LogP contribution in [0.3, 0.4) is 0 Å². The Hall–Kier alpha value is -2.17. The van der Waals surface area contributed by atoms with E-state index in [2.05, 4.69) is 15.3 Å². The van der Waals surface area contributed by atoms with Gasteiger partial charge in [-0.25, -0.2) is 4.98 Å². The van der Waals surface area contributed by atoms with Crippen LogP contribution in [0.25, 0.3) is 0 Å². The van der Waals surface area contributed by atoms with E-state index in [0.717, 1.165) is 12.0 Å². The van der Waals surface area contributed by atoms with E-state index in [9.17, 15) is 4.79 Å². The van der Waals surface area contributed by atoms with Gasteiger partial charge < -0.3 is 9.88 Å². The van der Waals surface area contributed by atoms with E-state index in [-0.39, 0.29) is 5.56 Å². The molecule has 0 aliphatic rings. The molecule has 5 heteroatoms. The van der Waals surface area contributed by atoms with Crippen LogP contribution in [0.5, 0.6) is 0 Å². The van der Waals surface area contributed by atoms with Gasteiger partial charge in [-0.05, 0) is 18.1 Å². The normalized spacial score (nSPS) is 10.3. The number of anilines is 1. The molecule has 0 atom stereocenters. The zero-order valence-electron chi connectivity index (χ0n) is 10.3. The Balaban J connectivity index is 2.10. The highest BCUT2D eigenvalue weighted by Gasteiger charge is 2.03. The molecule has 0 unspecified atom stereocenters. The highest BCUT2D eigenvalue weighted by molar-refractivity contribution is 5.32. The lowest BCUT2D eigenvalue weighted by Gasteiger charge is -2.07. The summed E-state index contributed by atoms with van der Waals surface area (Å²) in [7, 11) is 0.